The Bertz CT molecular complexity index is 385. The van der Waals surface area contributed by atoms with Crippen molar-refractivity contribution in [3.8, 4) is 5.75 Å². The van der Waals surface area contributed by atoms with Gasteiger partial charge in [-0.15, -0.1) is 0 Å². The van der Waals surface area contributed by atoms with Crippen LogP contribution in [-0.2, 0) is 18.0 Å². The van der Waals surface area contributed by atoms with E-state index in [0.29, 0.717) is 19.8 Å². The van der Waals surface area contributed by atoms with Crippen molar-refractivity contribution in [1.82, 2.24) is 0 Å². The summed E-state index contributed by atoms with van der Waals surface area (Å²) in [5.74, 6) is 0.879. The predicted molar refractivity (Wildman–Crippen MR) is 59.6 cm³/mol. The Labute approximate surface area is 89.5 Å². The average Bonchev–Trinajstić information content (AvgIpc) is 2.73. The SMILES string of the molecule is COc1ccc2c(c1/C=C/CN)COC2. The molecule has 0 bridgehead atoms. The molecule has 15 heavy (non-hydrogen) atoms. The minimum absolute atomic E-state index is 0.535. The summed E-state index contributed by atoms with van der Waals surface area (Å²) in [7, 11) is 1.68. The fourth-order valence-electron chi connectivity index (χ4n) is 1.80. The first-order valence-corrected chi connectivity index (χ1v) is 5.00. The van der Waals surface area contributed by atoms with Crippen LogP contribution in [0.2, 0.25) is 0 Å². The van der Waals surface area contributed by atoms with Gasteiger partial charge in [0.2, 0.25) is 0 Å². The van der Waals surface area contributed by atoms with Gasteiger partial charge in [0.15, 0.2) is 0 Å². The molecule has 0 unspecified atom stereocenters. The van der Waals surface area contributed by atoms with Crippen molar-refractivity contribution >= 4 is 6.08 Å². The van der Waals surface area contributed by atoms with Gasteiger partial charge >= 0.3 is 0 Å². The van der Waals surface area contributed by atoms with E-state index in [0.717, 1.165) is 11.3 Å². The first-order chi connectivity index (χ1) is 7.36. The maximum Gasteiger partial charge on any atom is 0.126 e. The van der Waals surface area contributed by atoms with E-state index < -0.39 is 0 Å². The first-order valence-electron chi connectivity index (χ1n) is 5.00. The van der Waals surface area contributed by atoms with E-state index in [9.17, 15) is 0 Å². The molecule has 80 valence electrons. The van der Waals surface area contributed by atoms with E-state index in [4.69, 9.17) is 15.2 Å². The Kier molecular flexibility index (Phi) is 3.04. The fraction of sp³-hybridized carbons (Fsp3) is 0.333. The quantitative estimate of drug-likeness (QED) is 0.816. The predicted octanol–water partition coefficient (Wildman–Crippen LogP) is 1.70. The molecule has 1 aromatic carbocycles. The molecule has 0 radical (unpaired) electrons. The number of ether oxygens (including phenoxy) is 2. The minimum Gasteiger partial charge on any atom is -0.496 e. The fourth-order valence-corrected chi connectivity index (χ4v) is 1.80. The van der Waals surface area contributed by atoms with Gasteiger partial charge < -0.3 is 15.2 Å². The van der Waals surface area contributed by atoms with E-state index in [1.54, 1.807) is 7.11 Å². The van der Waals surface area contributed by atoms with Crippen LogP contribution in [-0.4, -0.2) is 13.7 Å². The second-order valence-corrected chi connectivity index (χ2v) is 3.45. The molecule has 2 N–H and O–H groups in total. The van der Waals surface area contributed by atoms with Crippen LogP contribution in [0.25, 0.3) is 6.08 Å². The summed E-state index contributed by atoms with van der Waals surface area (Å²) in [4.78, 5) is 0. The Morgan fingerprint density at radius 2 is 2.33 bits per heavy atom. The van der Waals surface area contributed by atoms with Gasteiger partial charge in [0, 0.05) is 12.1 Å². The van der Waals surface area contributed by atoms with E-state index in [1.807, 2.05) is 18.2 Å². The van der Waals surface area contributed by atoms with Gasteiger partial charge in [-0.3, -0.25) is 0 Å². The number of hydrogen-bond acceptors (Lipinski definition) is 3. The number of fused-ring (bicyclic) bond motifs is 1. The third-order valence-corrected chi connectivity index (χ3v) is 2.56. The van der Waals surface area contributed by atoms with E-state index >= 15 is 0 Å². The number of methoxy groups -OCH3 is 1. The van der Waals surface area contributed by atoms with E-state index in [1.165, 1.54) is 11.1 Å². The average molecular weight is 205 g/mol. The smallest absolute Gasteiger partial charge is 0.126 e. The molecule has 3 nitrogen and oxygen atoms in total. The van der Waals surface area contributed by atoms with Gasteiger partial charge in [0.25, 0.3) is 0 Å². The molecule has 0 amide bonds. The highest BCUT2D eigenvalue weighted by molar-refractivity contribution is 5.63. The van der Waals surface area contributed by atoms with Crippen molar-refractivity contribution in [1.29, 1.82) is 0 Å². The Morgan fingerprint density at radius 1 is 1.47 bits per heavy atom. The van der Waals surface area contributed by atoms with Crippen LogP contribution in [0.1, 0.15) is 16.7 Å². The summed E-state index contributed by atoms with van der Waals surface area (Å²) < 4.78 is 10.7. The van der Waals surface area contributed by atoms with Crippen molar-refractivity contribution in [2.24, 2.45) is 5.73 Å². The monoisotopic (exact) mass is 205 g/mol. The van der Waals surface area contributed by atoms with Crippen molar-refractivity contribution < 1.29 is 9.47 Å². The molecule has 1 aliphatic rings. The maximum atomic E-state index is 5.45. The molecule has 0 atom stereocenters. The Morgan fingerprint density at radius 3 is 3.07 bits per heavy atom. The van der Waals surface area contributed by atoms with Gasteiger partial charge in [-0.05, 0) is 17.2 Å². The summed E-state index contributed by atoms with van der Waals surface area (Å²) in [5.41, 5.74) is 9.01. The van der Waals surface area contributed by atoms with Crippen LogP contribution >= 0.6 is 0 Å². The van der Waals surface area contributed by atoms with Crippen LogP contribution < -0.4 is 10.5 Å². The summed E-state index contributed by atoms with van der Waals surface area (Å²) in [6.45, 7) is 1.90. The normalized spacial score (nSPS) is 14.5. The van der Waals surface area contributed by atoms with Gasteiger partial charge in [-0.25, -0.2) is 0 Å². The Hall–Kier alpha value is -1.32. The highest BCUT2D eigenvalue weighted by Gasteiger charge is 2.16. The topological polar surface area (TPSA) is 44.5 Å². The number of hydrogen-bond donors (Lipinski definition) is 1. The number of benzene rings is 1. The van der Waals surface area contributed by atoms with Gasteiger partial charge in [-0.2, -0.15) is 0 Å². The second-order valence-electron chi connectivity index (χ2n) is 3.45. The van der Waals surface area contributed by atoms with E-state index in [2.05, 4.69) is 6.07 Å². The largest absolute Gasteiger partial charge is 0.496 e. The number of rotatable bonds is 3. The van der Waals surface area contributed by atoms with Crippen LogP contribution in [0.3, 0.4) is 0 Å². The van der Waals surface area contributed by atoms with Gasteiger partial charge in [-0.1, -0.05) is 18.2 Å². The molecule has 1 aliphatic heterocycles. The molecule has 3 heteroatoms. The van der Waals surface area contributed by atoms with Crippen LogP contribution in [0.4, 0.5) is 0 Å². The standard InChI is InChI=1S/C12H15NO2/c1-14-12-5-4-9-7-15-8-11(9)10(12)3-2-6-13/h2-5H,6-8,13H2,1H3/b3-2+. The molecule has 2 rings (SSSR count). The highest BCUT2D eigenvalue weighted by atomic mass is 16.5. The zero-order valence-electron chi connectivity index (χ0n) is 8.82. The zero-order chi connectivity index (χ0) is 10.7. The maximum absolute atomic E-state index is 5.45. The second kappa shape index (κ2) is 4.47. The van der Waals surface area contributed by atoms with Crippen LogP contribution in [0, 0.1) is 0 Å². The highest BCUT2D eigenvalue weighted by Crippen LogP contribution is 2.31. The lowest BCUT2D eigenvalue weighted by molar-refractivity contribution is 0.134. The molecule has 0 saturated carbocycles. The number of nitrogens with two attached hydrogens (primary N) is 1. The molecular formula is C12H15NO2. The summed E-state index contributed by atoms with van der Waals surface area (Å²) in [6, 6.07) is 4.03. The molecule has 1 heterocycles. The molecule has 0 fully saturated rings. The van der Waals surface area contributed by atoms with Gasteiger partial charge in [0.1, 0.15) is 5.75 Å². The molecule has 0 aromatic heterocycles. The van der Waals surface area contributed by atoms with E-state index in [-0.39, 0.29) is 0 Å². The molecule has 0 spiro atoms. The summed E-state index contributed by atoms with van der Waals surface area (Å²) in [6.07, 6.45) is 3.93. The van der Waals surface area contributed by atoms with Gasteiger partial charge in [0.05, 0.1) is 20.3 Å². The zero-order valence-corrected chi connectivity index (χ0v) is 8.82. The molecule has 0 saturated heterocycles. The van der Waals surface area contributed by atoms with Crippen molar-refractivity contribution in [2.45, 2.75) is 13.2 Å². The van der Waals surface area contributed by atoms with Crippen LogP contribution in [0.5, 0.6) is 5.75 Å². The summed E-state index contributed by atoms with van der Waals surface area (Å²) in [5, 5.41) is 0. The van der Waals surface area contributed by atoms with Crippen LogP contribution in [0.15, 0.2) is 18.2 Å². The lowest BCUT2D eigenvalue weighted by Gasteiger charge is -2.09. The third kappa shape index (κ3) is 1.89. The molecule has 1 aromatic rings. The lowest BCUT2D eigenvalue weighted by atomic mass is 10.0. The third-order valence-electron chi connectivity index (χ3n) is 2.56. The molecular weight excluding hydrogens is 190 g/mol. The first kappa shape index (κ1) is 10.2. The summed E-state index contributed by atoms with van der Waals surface area (Å²) >= 11 is 0. The van der Waals surface area contributed by atoms with Crippen molar-refractivity contribution in [3.05, 3.63) is 34.9 Å². The van der Waals surface area contributed by atoms with Crippen molar-refractivity contribution in [3.63, 3.8) is 0 Å². The Balaban J connectivity index is 2.47. The van der Waals surface area contributed by atoms with Crippen molar-refractivity contribution in [2.75, 3.05) is 13.7 Å². The molecule has 0 aliphatic carbocycles. The lowest BCUT2D eigenvalue weighted by Crippen LogP contribution is -1.96. The minimum atomic E-state index is 0.535.